The van der Waals surface area contributed by atoms with Gasteiger partial charge in [0.15, 0.2) is 0 Å². The van der Waals surface area contributed by atoms with E-state index in [1.165, 1.54) is 6.20 Å². The summed E-state index contributed by atoms with van der Waals surface area (Å²) in [6, 6.07) is -0.983. The summed E-state index contributed by atoms with van der Waals surface area (Å²) in [5.74, 6) is -0.629. The number of imidazole rings is 1. The summed E-state index contributed by atoms with van der Waals surface area (Å²) in [7, 11) is -3.81. The van der Waals surface area contributed by atoms with Gasteiger partial charge in [0.25, 0.3) is 10.2 Å². The third kappa shape index (κ3) is 3.31. The van der Waals surface area contributed by atoms with Crippen molar-refractivity contribution in [2.75, 3.05) is 6.54 Å². The van der Waals surface area contributed by atoms with Crippen molar-refractivity contribution in [3.63, 3.8) is 0 Å². The predicted octanol–water partition coefficient (Wildman–Crippen LogP) is -0.317. The predicted molar refractivity (Wildman–Crippen MR) is 66.3 cm³/mol. The smallest absolute Gasteiger partial charge is 0.322 e. The Morgan fingerprint density at radius 2 is 2.37 bits per heavy atom. The maximum Gasteiger partial charge on any atom is 0.322 e. The number of carboxylic acid groups (broad SMARTS) is 1. The molecule has 0 saturated carbocycles. The highest BCUT2D eigenvalue weighted by Crippen LogP contribution is 2.20. The van der Waals surface area contributed by atoms with Gasteiger partial charge in [-0.1, -0.05) is 0 Å². The van der Waals surface area contributed by atoms with Crippen LogP contribution in [-0.4, -0.2) is 46.4 Å². The van der Waals surface area contributed by atoms with Gasteiger partial charge in [0, 0.05) is 18.9 Å². The first-order valence-corrected chi connectivity index (χ1v) is 7.42. The van der Waals surface area contributed by atoms with Crippen molar-refractivity contribution in [3.8, 4) is 0 Å². The molecule has 2 rings (SSSR count). The molecule has 19 heavy (non-hydrogen) atoms. The number of nitrogens with one attached hydrogen (secondary N) is 2. The van der Waals surface area contributed by atoms with Crippen molar-refractivity contribution in [2.45, 2.75) is 31.8 Å². The largest absolute Gasteiger partial charge is 0.480 e. The number of hydrogen-bond donors (Lipinski definition) is 3. The number of carbonyl (C=O) groups is 1. The van der Waals surface area contributed by atoms with Crippen molar-refractivity contribution < 1.29 is 18.3 Å². The third-order valence-corrected chi connectivity index (χ3v) is 4.59. The van der Waals surface area contributed by atoms with E-state index in [0.29, 0.717) is 18.7 Å². The second-order valence-electron chi connectivity index (χ2n) is 4.32. The molecule has 1 aliphatic rings. The summed E-state index contributed by atoms with van der Waals surface area (Å²) in [5, 5.41) is 9.07. The lowest BCUT2D eigenvalue weighted by Crippen LogP contribution is -2.52. The molecule has 0 bridgehead atoms. The molecule has 1 aromatic heterocycles. The second-order valence-corrected chi connectivity index (χ2v) is 6.03. The van der Waals surface area contributed by atoms with Crippen LogP contribution in [0.3, 0.4) is 0 Å². The van der Waals surface area contributed by atoms with Crippen molar-refractivity contribution in [1.82, 2.24) is 19.0 Å². The van der Waals surface area contributed by atoms with E-state index in [-0.39, 0.29) is 13.1 Å². The molecule has 1 saturated heterocycles. The van der Waals surface area contributed by atoms with Crippen LogP contribution in [0.4, 0.5) is 0 Å². The fourth-order valence-corrected chi connectivity index (χ4v) is 3.46. The van der Waals surface area contributed by atoms with E-state index in [0.717, 1.165) is 10.7 Å². The minimum atomic E-state index is -3.81. The zero-order valence-corrected chi connectivity index (χ0v) is 11.1. The summed E-state index contributed by atoms with van der Waals surface area (Å²) >= 11 is 0. The minimum Gasteiger partial charge on any atom is -0.480 e. The molecule has 9 heteroatoms. The molecule has 0 spiro atoms. The SMILES string of the molecule is O=C(O)C1CCCCN1S(=O)(=O)NCc1ncc[nH]1. The number of carboxylic acids is 1. The molecule has 0 aliphatic carbocycles. The molecule has 0 amide bonds. The Kier molecular flexibility index (Phi) is 4.17. The van der Waals surface area contributed by atoms with Crippen LogP contribution in [0.1, 0.15) is 25.1 Å². The molecule has 1 unspecified atom stereocenters. The summed E-state index contributed by atoms with van der Waals surface area (Å²) in [6.07, 6.45) is 4.85. The Bertz CT molecular complexity index is 528. The van der Waals surface area contributed by atoms with E-state index in [9.17, 15) is 13.2 Å². The average molecular weight is 288 g/mol. The molecular formula is C10H16N4O4S. The summed E-state index contributed by atoms with van der Waals surface area (Å²) in [6.45, 7) is 0.239. The van der Waals surface area contributed by atoms with Crippen LogP contribution in [0.15, 0.2) is 12.4 Å². The monoisotopic (exact) mass is 288 g/mol. The van der Waals surface area contributed by atoms with Crippen LogP contribution in [-0.2, 0) is 21.5 Å². The first kappa shape index (κ1) is 14.0. The van der Waals surface area contributed by atoms with Crippen LogP contribution < -0.4 is 4.72 Å². The number of H-pyrrole nitrogens is 1. The van der Waals surface area contributed by atoms with Crippen LogP contribution in [0.2, 0.25) is 0 Å². The molecule has 1 atom stereocenters. The Labute approximate surface area is 111 Å². The summed E-state index contributed by atoms with van der Waals surface area (Å²) in [5.41, 5.74) is 0. The van der Waals surface area contributed by atoms with Crippen molar-refractivity contribution in [1.29, 1.82) is 0 Å². The first-order chi connectivity index (χ1) is 9.00. The van der Waals surface area contributed by atoms with Gasteiger partial charge in [0.05, 0.1) is 6.54 Å². The van der Waals surface area contributed by atoms with Crippen LogP contribution in [0, 0.1) is 0 Å². The van der Waals surface area contributed by atoms with Gasteiger partial charge in [-0.05, 0) is 19.3 Å². The van der Waals surface area contributed by atoms with Gasteiger partial charge in [-0.15, -0.1) is 0 Å². The number of aromatic nitrogens is 2. The van der Waals surface area contributed by atoms with Crippen molar-refractivity contribution in [2.24, 2.45) is 0 Å². The second kappa shape index (κ2) is 5.68. The molecule has 1 aromatic rings. The number of hydrogen-bond acceptors (Lipinski definition) is 4. The van der Waals surface area contributed by atoms with Gasteiger partial charge >= 0.3 is 5.97 Å². The van der Waals surface area contributed by atoms with Gasteiger partial charge in [0.1, 0.15) is 11.9 Å². The number of nitrogens with zero attached hydrogens (tertiary/aromatic N) is 2. The Hall–Kier alpha value is -1.45. The highest BCUT2D eigenvalue weighted by Gasteiger charge is 2.36. The molecule has 3 N–H and O–H groups in total. The number of rotatable bonds is 5. The molecular weight excluding hydrogens is 272 g/mol. The fraction of sp³-hybridized carbons (Fsp3) is 0.600. The maximum atomic E-state index is 12.1. The Morgan fingerprint density at radius 1 is 1.58 bits per heavy atom. The van der Waals surface area contributed by atoms with E-state index in [2.05, 4.69) is 14.7 Å². The topological polar surface area (TPSA) is 115 Å². The van der Waals surface area contributed by atoms with Crippen molar-refractivity contribution in [3.05, 3.63) is 18.2 Å². The lowest BCUT2D eigenvalue weighted by molar-refractivity contribution is -0.142. The number of piperidine rings is 1. The highest BCUT2D eigenvalue weighted by molar-refractivity contribution is 7.87. The molecule has 1 fully saturated rings. The highest BCUT2D eigenvalue weighted by atomic mass is 32.2. The zero-order valence-electron chi connectivity index (χ0n) is 10.2. The first-order valence-electron chi connectivity index (χ1n) is 5.98. The quantitative estimate of drug-likeness (QED) is 0.687. The van der Waals surface area contributed by atoms with Crippen molar-refractivity contribution >= 4 is 16.2 Å². The van der Waals surface area contributed by atoms with E-state index >= 15 is 0 Å². The maximum absolute atomic E-state index is 12.1. The van der Waals surface area contributed by atoms with E-state index in [4.69, 9.17) is 5.11 Å². The molecule has 8 nitrogen and oxygen atoms in total. The molecule has 106 valence electrons. The average Bonchev–Trinajstić information content (AvgIpc) is 2.89. The standard InChI is InChI=1S/C10H16N4O4S/c15-10(16)8-3-1-2-6-14(8)19(17,18)13-7-9-11-4-5-12-9/h4-5,8,13H,1-3,6-7H2,(H,11,12)(H,15,16). The minimum absolute atomic E-state index is 0.0121. The Morgan fingerprint density at radius 3 is 3.00 bits per heavy atom. The normalized spacial score (nSPS) is 21.4. The fourth-order valence-electron chi connectivity index (χ4n) is 2.08. The van der Waals surface area contributed by atoms with E-state index < -0.39 is 22.2 Å². The Balaban J connectivity index is 2.06. The van der Waals surface area contributed by atoms with Gasteiger partial charge in [-0.2, -0.15) is 17.4 Å². The van der Waals surface area contributed by atoms with Crippen LogP contribution in [0.25, 0.3) is 0 Å². The van der Waals surface area contributed by atoms with E-state index in [1.807, 2.05) is 0 Å². The van der Waals surface area contributed by atoms with Gasteiger partial charge < -0.3 is 10.1 Å². The van der Waals surface area contributed by atoms with Gasteiger partial charge in [-0.3, -0.25) is 4.79 Å². The third-order valence-electron chi connectivity index (χ3n) is 3.02. The molecule has 1 aliphatic heterocycles. The lowest BCUT2D eigenvalue weighted by Gasteiger charge is -2.31. The number of aromatic amines is 1. The number of aliphatic carboxylic acids is 1. The summed E-state index contributed by atoms with van der Waals surface area (Å²) < 4.78 is 27.6. The van der Waals surface area contributed by atoms with Gasteiger partial charge in [0.2, 0.25) is 0 Å². The van der Waals surface area contributed by atoms with E-state index in [1.54, 1.807) is 6.20 Å². The van der Waals surface area contributed by atoms with Crippen LogP contribution in [0.5, 0.6) is 0 Å². The molecule has 0 aromatic carbocycles. The lowest BCUT2D eigenvalue weighted by atomic mass is 10.1. The zero-order chi connectivity index (χ0) is 13.9. The molecule has 0 radical (unpaired) electrons. The molecule has 2 heterocycles. The van der Waals surface area contributed by atoms with Crippen LogP contribution >= 0.6 is 0 Å². The summed E-state index contributed by atoms with van der Waals surface area (Å²) in [4.78, 5) is 17.8. The van der Waals surface area contributed by atoms with Gasteiger partial charge in [-0.25, -0.2) is 4.98 Å².